The van der Waals surface area contributed by atoms with Crippen molar-refractivity contribution in [2.75, 3.05) is 12.5 Å². The molecule has 0 saturated heterocycles. The maximum absolute atomic E-state index is 12.0. The average molecular weight is 397 g/mol. The van der Waals surface area contributed by atoms with Crippen LogP contribution in [0.15, 0.2) is 28.0 Å². The zero-order chi connectivity index (χ0) is 16.6. The molecule has 0 bridgehead atoms. The van der Waals surface area contributed by atoms with Gasteiger partial charge in [0.15, 0.2) is 19.7 Å². The lowest BCUT2D eigenvalue weighted by Gasteiger charge is -2.26. The highest BCUT2D eigenvalue weighted by Gasteiger charge is 2.25. The first-order valence-corrected chi connectivity index (χ1v) is 11.1. The van der Waals surface area contributed by atoms with Gasteiger partial charge in [0.1, 0.15) is 0 Å². The molecule has 7 heteroatoms. The van der Waals surface area contributed by atoms with Gasteiger partial charge in [-0.2, -0.15) is 0 Å². The van der Waals surface area contributed by atoms with Crippen LogP contribution in [0.1, 0.15) is 26.3 Å². The summed E-state index contributed by atoms with van der Waals surface area (Å²) in [7, 11) is -6.93. The van der Waals surface area contributed by atoms with Gasteiger partial charge >= 0.3 is 0 Å². The summed E-state index contributed by atoms with van der Waals surface area (Å²) in [6.07, 6.45) is 2.67. The fourth-order valence-corrected chi connectivity index (χ4v) is 3.82. The predicted octanol–water partition coefficient (Wildman–Crippen LogP) is 2.85. The van der Waals surface area contributed by atoms with Crippen molar-refractivity contribution in [2.45, 2.75) is 41.8 Å². The third kappa shape index (κ3) is 5.07. The monoisotopic (exact) mass is 396 g/mol. The molecule has 0 spiro atoms. The minimum Gasteiger partial charge on any atom is -0.224 e. The largest absolute Gasteiger partial charge is 0.224 e. The summed E-state index contributed by atoms with van der Waals surface area (Å²) >= 11 is 3.58. The summed E-state index contributed by atoms with van der Waals surface area (Å²) in [6, 6.07) is 4.30. The van der Waals surface area contributed by atoms with Gasteiger partial charge < -0.3 is 0 Å². The topological polar surface area (TPSA) is 68.3 Å². The van der Waals surface area contributed by atoms with Crippen molar-refractivity contribution < 1.29 is 16.8 Å². The van der Waals surface area contributed by atoms with E-state index >= 15 is 0 Å². The van der Waals surface area contributed by atoms with Gasteiger partial charge in [-0.05, 0) is 29.5 Å². The minimum atomic E-state index is -3.49. The second-order valence-electron chi connectivity index (χ2n) is 6.35. The predicted molar refractivity (Wildman–Crippen MR) is 88.5 cm³/mol. The molecule has 1 aromatic carbocycles. The first kappa shape index (κ1) is 18.6. The Hall–Kier alpha value is -0.400. The molecule has 0 heterocycles. The first-order valence-electron chi connectivity index (χ1n) is 6.40. The van der Waals surface area contributed by atoms with Gasteiger partial charge in [0.25, 0.3) is 0 Å². The van der Waals surface area contributed by atoms with Crippen LogP contribution in [0.3, 0.4) is 0 Å². The Balaban J connectivity index is 3.41. The Bertz CT molecular complexity index is 729. The number of hydrogen-bond donors (Lipinski definition) is 0. The second kappa shape index (κ2) is 6.01. The molecule has 0 fully saturated rings. The normalized spacial score (nSPS) is 15.0. The van der Waals surface area contributed by atoms with E-state index in [9.17, 15) is 16.8 Å². The minimum absolute atomic E-state index is 0.0218. The van der Waals surface area contributed by atoms with Gasteiger partial charge in [-0.1, -0.05) is 42.8 Å². The van der Waals surface area contributed by atoms with Crippen molar-refractivity contribution in [2.24, 2.45) is 5.41 Å². The van der Waals surface area contributed by atoms with E-state index in [4.69, 9.17) is 0 Å². The van der Waals surface area contributed by atoms with E-state index in [1.54, 1.807) is 6.07 Å². The fraction of sp³-hybridized carbons (Fsp3) is 0.571. The molecular formula is C14H21BrO4S2. The molecule has 0 aliphatic heterocycles. The molecule has 1 atom stereocenters. The van der Waals surface area contributed by atoms with Crippen LogP contribution < -0.4 is 0 Å². The van der Waals surface area contributed by atoms with Gasteiger partial charge in [0.05, 0.1) is 9.79 Å². The van der Waals surface area contributed by atoms with E-state index in [2.05, 4.69) is 36.7 Å². The molecular weight excluding hydrogens is 376 g/mol. The van der Waals surface area contributed by atoms with Crippen LogP contribution in [0.2, 0.25) is 0 Å². The highest BCUT2D eigenvalue weighted by atomic mass is 79.9. The highest BCUT2D eigenvalue weighted by molar-refractivity contribution is 9.09. The molecule has 0 aromatic heterocycles. The Kier molecular flexibility index (Phi) is 5.33. The van der Waals surface area contributed by atoms with Crippen molar-refractivity contribution in [1.82, 2.24) is 0 Å². The summed E-state index contributed by atoms with van der Waals surface area (Å²) in [6.45, 7) is 6.16. The number of rotatable bonds is 4. The average Bonchev–Trinajstić information content (AvgIpc) is 2.25. The maximum atomic E-state index is 12.0. The molecule has 0 radical (unpaired) electrons. The molecule has 0 aliphatic carbocycles. The van der Waals surface area contributed by atoms with Crippen LogP contribution in [0.25, 0.3) is 0 Å². The summed E-state index contributed by atoms with van der Waals surface area (Å²) in [4.78, 5) is 0.183. The van der Waals surface area contributed by atoms with Crippen molar-refractivity contribution >= 4 is 35.6 Å². The molecule has 120 valence electrons. The van der Waals surface area contributed by atoms with Crippen LogP contribution >= 0.6 is 15.9 Å². The van der Waals surface area contributed by atoms with Crippen molar-refractivity contribution in [3.8, 4) is 0 Å². The zero-order valence-corrected chi connectivity index (χ0v) is 16.1. The van der Waals surface area contributed by atoms with Crippen molar-refractivity contribution in [1.29, 1.82) is 0 Å². The van der Waals surface area contributed by atoms with Gasteiger partial charge in [-0.3, -0.25) is 0 Å². The number of hydrogen-bond acceptors (Lipinski definition) is 4. The van der Waals surface area contributed by atoms with E-state index in [-0.39, 0.29) is 20.0 Å². The lowest BCUT2D eigenvalue weighted by atomic mass is 9.88. The van der Waals surface area contributed by atoms with E-state index in [1.807, 2.05) is 0 Å². The molecule has 0 N–H and O–H groups in total. The Labute approximate surface area is 135 Å². The number of halogens is 1. The van der Waals surface area contributed by atoms with E-state index < -0.39 is 19.7 Å². The maximum Gasteiger partial charge on any atom is 0.175 e. The van der Waals surface area contributed by atoms with Gasteiger partial charge in [0.2, 0.25) is 0 Å². The van der Waals surface area contributed by atoms with Gasteiger partial charge in [-0.25, -0.2) is 16.8 Å². The highest BCUT2D eigenvalue weighted by Crippen LogP contribution is 2.31. The summed E-state index contributed by atoms with van der Waals surface area (Å²) in [5.41, 5.74) is 0.589. The molecule has 1 unspecified atom stereocenters. The lowest BCUT2D eigenvalue weighted by molar-refractivity contribution is 0.396. The Morgan fingerprint density at radius 1 is 1.05 bits per heavy atom. The summed E-state index contributed by atoms with van der Waals surface area (Å²) in [5, 5.41) is 0. The smallest absolute Gasteiger partial charge is 0.175 e. The summed E-state index contributed by atoms with van der Waals surface area (Å²) < 4.78 is 47.1. The number of benzene rings is 1. The molecule has 0 saturated carbocycles. The fourth-order valence-electron chi connectivity index (χ4n) is 1.78. The van der Waals surface area contributed by atoms with Crippen LogP contribution in [-0.2, 0) is 26.1 Å². The number of alkyl halides is 1. The van der Waals surface area contributed by atoms with Crippen LogP contribution in [0, 0.1) is 5.41 Å². The molecule has 1 aromatic rings. The second-order valence-corrected chi connectivity index (χ2v) is 11.5. The number of sulfone groups is 2. The van der Waals surface area contributed by atoms with Crippen molar-refractivity contribution in [3.63, 3.8) is 0 Å². The van der Waals surface area contributed by atoms with Crippen LogP contribution in [0.5, 0.6) is 0 Å². The Morgan fingerprint density at radius 2 is 1.57 bits per heavy atom. The third-order valence-corrected chi connectivity index (χ3v) is 7.19. The molecule has 21 heavy (non-hydrogen) atoms. The third-order valence-electron chi connectivity index (χ3n) is 3.21. The van der Waals surface area contributed by atoms with Gasteiger partial charge in [0, 0.05) is 17.3 Å². The standard InChI is InChI=1S/C14H21BrO4S2/c1-14(2,3)13(15)8-10-6-7-11(20(4,16)17)9-12(10)21(5,18)19/h6-7,9,13H,8H2,1-5H3. The Morgan fingerprint density at radius 3 is 1.95 bits per heavy atom. The molecule has 4 nitrogen and oxygen atoms in total. The van der Waals surface area contributed by atoms with Gasteiger partial charge in [-0.15, -0.1) is 0 Å². The van der Waals surface area contributed by atoms with E-state index in [1.165, 1.54) is 12.1 Å². The molecule has 1 rings (SSSR count). The van der Waals surface area contributed by atoms with Crippen molar-refractivity contribution in [3.05, 3.63) is 23.8 Å². The van der Waals surface area contributed by atoms with Crippen LogP contribution in [-0.4, -0.2) is 34.2 Å². The zero-order valence-electron chi connectivity index (χ0n) is 12.8. The lowest BCUT2D eigenvalue weighted by Crippen LogP contribution is -2.23. The summed E-state index contributed by atoms with van der Waals surface area (Å²) in [5.74, 6) is 0. The molecule has 0 aliphatic rings. The van der Waals surface area contributed by atoms with Crippen LogP contribution in [0.4, 0.5) is 0 Å². The molecule has 0 amide bonds. The van der Waals surface area contributed by atoms with E-state index in [0.717, 1.165) is 12.5 Å². The van der Waals surface area contributed by atoms with E-state index in [0.29, 0.717) is 12.0 Å². The first-order chi connectivity index (χ1) is 9.23. The quantitative estimate of drug-likeness (QED) is 0.733. The SMILES string of the molecule is CC(C)(C)C(Br)Cc1ccc(S(C)(=O)=O)cc1S(C)(=O)=O.